The van der Waals surface area contributed by atoms with Gasteiger partial charge >= 0.3 is 0 Å². The van der Waals surface area contributed by atoms with Crippen LogP contribution in [0.4, 0.5) is 17.1 Å². The minimum Gasteiger partial charge on any atom is -0.310 e. The Balaban J connectivity index is 0.00000160. The monoisotopic (exact) mass is 1100 g/mol. The number of fused-ring (bicyclic) bond motifs is 9. The smallest absolute Gasteiger partial charge is 0.0542 e. The van der Waals surface area contributed by atoms with Gasteiger partial charge in [0.15, 0.2) is 0 Å². The first-order chi connectivity index (χ1) is 42.7. The number of anilines is 3. The van der Waals surface area contributed by atoms with Crippen molar-refractivity contribution >= 4 is 82.5 Å². The molecule has 412 valence electrons. The molecular weight excluding hydrogens is 1040 g/mol. The molecule has 0 N–H and O–H groups in total. The van der Waals surface area contributed by atoms with Crippen LogP contribution in [0.3, 0.4) is 0 Å². The maximum absolute atomic E-state index is 2.42. The quantitative estimate of drug-likeness (QED) is 0.133. The third kappa shape index (κ3) is 9.38. The van der Waals surface area contributed by atoms with E-state index in [1.165, 1.54) is 87.8 Å². The van der Waals surface area contributed by atoms with E-state index < -0.39 is 0 Å². The first-order valence-corrected chi connectivity index (χ1v) is 30.1. The Hall–Kier alpha value is -10.9. The van der Waals surface area contributed by atoms with Crippen molar-refractivity contribution in [2.75, 3.05) is 4.90 Å². The molecule has 0 saturated carbocycles. The second-order valence-corrected chi connectivity index (χ2v) is 21.3. The predicted molar refractivity (Wildman–Crippen MR) is 369 cm³/mol. The first-order valence-electron chi connectivity index (χ1n) is 30.1. The molecule has 16 rings (SSSR count). The van der Waals surface area contributed by atoms with Crippen LogP contribution in [0.2, 0.25) is 0 Å². The highest BCUT2D eigenvalue weighted by molar-refractivity contribution is 6.15. The van der Waals surface area contributed by atoms with E-state index in [1.807, 2.05) is 27.7 Å². The lowest BCUT2D eigenvalue weighted by atomic mass is 9.98. The highest BCUT2D eigenvalue weighted by atomic mass is 15.1. The number of aromatic nitrogens is 3. The van der Waals surface area contributed by atoms with Gasteiger partial charge in [-0.1, -0.05) is 210 Å². The first kappa shape index (κ1) is 53.1. The summed E-state index contributed by atoms with van der Waals surface area (Å²) in [5.74, 6) is 0. The van der Waals surface area contributed by atoms with Crippen molar-refractivity contribution in [1.29, 1.82) is 0 Å². The molecular formula is C82H64N4. The Labute approximate surface area is 503 Å². The number of hydrogen-bond acceptors (Lipinski definition) is 1. The van der Waals surface area contributed by atoms with Gasteiger partial charge in [0.25, 0.3) is 0 Å². The summed E-state index contributed by atoms with van der Waals surface area (Å²) in [6, 6.07) is 115. The number of para-hydroxylation sites is 4. The molecule has 0 saturated heterocycles. The molecule has 0 atom stereocenters. The van der Waals surface area contributed by atoms with Gasteiger partial charge in [-0.2, -0.15) is 0 Å². The molecule has 16 aromatic rings. The largest absolute Gasteiger partial charge is 0.310 e. The van der Waals surface area contributed by atoms with Crippen LogP contribution >= 0.6 is 0 Å². The Morgan fingerprint density at radius 2 is 0.430 bits per heavy atom. The molecule has 13 aromatic carbocycles. The van der Waals surface area contributed by atoms with E-state index in [1.54, 1.807) is 0 Å². The van der Waals surface area contributed by atoms with Crippen molar-refractivity contribution in [2.45, 2.75) is 27.7 Å². The van der Waals surface area contributed by atoms with Crippen LogP contribution in [-0.4, -0.2) is 13.7 Å². The molecule has 0 aliphatic heterocycles. The number of rotatable bonds is 10. The average molecular weight is 1110 g/mol. The van der Waals surface area contributed by atoms with Crippen LogP contribution in [-0.2, 0) is 0 Å². The second-order valence-electron chi connectivity index (χ2n) is 21.3. The molecule has 4 heteroatoms. The third-order valence-electron chi connectivity index (χ3n) is 16.6. The predicted octanol–water partition coefficient (Wildman–Crippen LogP) is 23.2. The lowest BCUT2D eigenvalue weighted by Crippen LogP contribution is -2.10. The average Bonchev–Trinajstić information content (AvgIpc) is 1.71. The molecule has 0 aliphatic carbocycles. The normalized spacial score (nSPS) is 11.3. The fraction of sp³-hybridized carbons (Fsp3) is 0.0488. The van der Waals surface area contributed by atoms with E-state index >= 15 is 0 Å². The molecule has 0 amide bonds. The van der Waals surface area contributed by atoms with Crippen molar-refractivity contribution in [1.82, 2.24) is 13.7 Å². The molecule has 4 nitrogen and oxygen atoms in total. The minimum atomic E-state index is 1.08. The Bertz CT molecular complexity index is 4960. The van der Waals surface area contributed by atoms with Gasteiger partial charge in [0, 0.05) is 66.4 Å². The van der Waals surface area contributed by atoms with Gasteiger partial charge in [0.1, 0.15) is 0 Å². The van der Waals surface area contributed by atoms with Gasteiger partial charge in [-0.15, -0.1) is 0 Å². The van der Waals surface area contributed by atoms with Gasteiger partial charge in [-0.25, -0.2) is 0 Å². The molecule has 86 heavy (non-hydrogen) atoms. The van der Waals surface area contributed by atoms with Crippen molar-refractivity contribution in [3.05, 3.63) is 315 Å². The Morgan fingerprint density at radius 1 is 0.186 bits per heavy atom. The zero-order valence-corrected chi connectivity index (χ0v) is 48.8. The van der Waals surface area contributed by atoms with Gasteiger partial charge in [0.05, 0.1) is 33.1 Å². The summed E-state index contributed by atoms with van der Waals surface area (Å²) in [5, 5.41) is 7.28. The van der Waals surface area contributed by atoms with E-state index in [0.29, 0.717) is 0 Å². The molecule has 0 radical (unpaired) electrons. The minimum absolute atomic E-state index is 1.08. The summed E-state index contributed by atoms with van der Waals surface area (Å²) in [7, 11) is 0. The van der Waals surface area contributed by atoms with Crippen LogP contribution in [0.5, 0.6) is 0 Å². The van der Waals surface area contributed by atoms with E-state index in [0.717, 1.165) is 56.3 Å². The summed E-state index contributed by atoms with van der Waals surface area (Å²) in [6.45, 7) is 8.00. The zero-order valence-electron chi connectivity index (χ0n) is 48.8. The topological polar surface area (TPSA) is 18.0 Å². The van der Waals surface area contributed by atoms with Gasteiger partial charge in [0.2, 0.25) is 0 Å². The van der Waals surface area contributed by atoms with Crippen molar-refractivity contribution in [3.8, 4) is 61.6 Å². The highest BCUT2D eigenvalue weighted by Crippen LogP contribution is 2.44. The maximum atomic E-state index is 2.42. The van der Waals surface area contributed by atoms with Crippen LogP contribution in [0.15, 0.2) is 315 Å². The lowest BCUT2D eigenvalue weighted by molar-refractivity contribution is 1.18. The van der Waals surface area contributed by atoms with Crippen LogP contribution in [0, 0.1) is 0 Å². The SMILES string of the molecule is CC.CC.c1ccc(-c2ccc(N(c3ccc(-c4ccccc4)cc3)c3ccc4c(c3)c3cc(-c5ccc6c(c5)c5cc(-c7ccc8c(c7)c7ccccc7n8-c7ccccc7)ccc5n6-c5ccccc5)ccc3n4-c3ccccc3)cc2)cc1. The number of benzene rings is 13. The van der Waals surface area contributed by atoms with E-state index in [9.17, 15) is 0 Å². The molecule has 0 aliphatic rings. The fourth-order valence-electron chi connectivity index (χ4n) is 12.7. The second kappa shape index (κ2) is 23.0. The summed E-state index contributed by atoms with van der Waals surface area (Å²) >= 11 is 0. The maximum Gasteiger partial charge on any atom is 0.0542 e. The van der Waals surface area contributed by atoms with Crippen LogP contribution in [0.1, 0.15) is 27.7 Å². The van der Waals surface area contributed by atoms with E-state index in [-0.39, 0.29) is 0 Å². The van der Waals surface area contributed by atoms with Crippen LogP contribution < -0.4 is 4.90 Å². The molecule has 0 bridgehead atoms. The van der Waals surface area contributed by atoms with Crippen LogP contribution in [0.25, 0.3) is 127 Å². The molecule has 0 unspecified atom stereocenters. The summed E-state index contributed by atoms with van der Waals surface area (Å²) in [4.78, 5) is 2.39. The van der Waals surface area contributed by atoms with E-state index in [2.05, 4.69) is 334 Å². The Kier molecular flexibility index (Phi) is 14.2. The van der Waals surface area contributed by atoms with E-state index in [4.69, 9.17) is 0 Å². The van der Waals surface area contributed by atoms with Gasteiger partial charge < -0.3 is 18.6 Å². The zero-order chi connectivity index (χ0) is 58.1. The fourth-order valence-corrected chi connectivity index (χ4v) is 12.7. The summed E-state index contributed by atoms with van der Waals surface area (Å²) in [6.07, 6.45) is 0. The molecule has 0 fully saturated rings. The van der Waals surface area contributed by atoms with Crippen molar-refractivity contribution in [2.24, 2.45) is 0 Å². The summed E-state index contributed by atoms with van der Waals surface area (Å²) in [5.41, 5.74) is 23.2. The standard InChI is InChI=1S/C78H52N4.2C2H6/c1-6-18-53(19-7-1)55-30-38-64(39-31-55)79(65-40-32-56(33-41-65)54-20-8-2-9-21-54)66-42-47-78-72(52-66)71-51-60(37-46-77(71)82(78)63-26-14-5-15-27-63)59-36-45-76-70(50-59)69-49-58(35-44-75(69)81(76)62-24-12-4-13-25-62)57-34-43-74-68(48-57)67-28-16-17-29-73(67)80(74)61-22-10-3-11-23-61;2*1-2/h1-52H;2*1-2H3. The van der Waals surface area contributed by atoms with Gasteiger partial charge in [-0.3, -0.25) is 0 Å². The summed E-state index contributed by atoms with van der Waals surface area (Å²) < 4.78 is 7.22. The van der Waals surface area contributed by atoms with Gasteiger partial charge in [-0.05, 0) is 178 Å². The third-order valence-corrected chi connectivity index (χ3v) is 16.6. The van der Waals surface area contributed by atoms with Crippen molar-refractivity contribution < 1.29 is 0 Å². The van der Waals surface area contributed by atoms with Crippen molar-refractivity contribution in [3.63, 3.8) is 0 Å². The highest BCUT2D eigenvalue weighted by Gasteiger charge is 2.21. The number of hydrogen-bond donors (Lipinski definition) is 0. The Morgan fingerprint density at radius 3 is 0.791 bits per heavy atom. The lowest BCUT2D eigenvalue weighted by Gasteiger charge is -2.26. The molecule has 0 spiro atoms. The molecule has 3 aromatic heterocycles. The number of nitrogens with zero attached hydrogens (tertiary/aromatic N) is 4. The molecule has 3 heterocycles.